The number of piperazine rings is 1. The third-order valence-corrected chi connectivity index (χ3v) is 16.3. The smallest absolute Gasteiger partial charge is 0.253 e. The Morgan fingerprint density at radius 1 is 0.958 bits per heavy atom. The van der Waals surface area contributed by atoms with Gasteiger partial charge < -0.3 is 35.6 Å². The van der Waals surface area contributed by atoms with Crippen molar-refractivity contribution in [3.63, 3.8) is 0 Å². The molecule has 2 aromatic heterocycles. The number of carbonyl (C=O) groups excluding carboxylic acids is 4. The van der Waals surface area contributed by atoms with Crippen LogP contribution in [0.25, 0.3) is 10.4 Å². The highest BCUT2D eigenvalue weighted by atomic mass is 35.5. The second kappa shape index (κ2) is 20.5. The number of aromatic nitrogens is 2. The minimum absolute atomic E-state index is 0.00613. The zero-order valence-corrected chi connectivity index (χ0v) is 43.7. The lowest BCUT2D eigenvalue weighted by atomic mass is 9.49. The number of pyridine rings is 1. The number of nitrogens with one attached hydrogen (secondary N) is 3. The molecule has 4 atom stereocenters. The van der Waals surface area contributed by atoms with Crippen molar-refractivity contribution in [1.82, 2.24) is 40.6 Å². The number of thiazole rings is 1. The molecule has 1 saturated carbocycles. The van der Waals surface area contributed by atoms with Crippen LogP contribution >= 0.6 is 22.9 Å². The molecule has 8 rings (SSSR count). The second-order valence-corrected chi connectivity index (χ2v) is 23.2. The van der Waals surface area contributed by atoms with Crippen molar-refractivity contribution < 1.29 is 29.0 Å². The van der Waals surface area contributed by atoms with Gasteiger partial charge in [-0.25, -0.2) is 9.97 Å². The fourth-order valence-electron chi connectivity index (χ4n) is 11.2. The molecule has 378 valence electrons. The van der Waals surface area contributed by atoms with Crippen molar-refractivity contribution >= 4 is 52.4 Å². The van der Waals surface area contributed by atoms with Crippen LogP contribution in [0.2, 0.25) is 5.02 Å². The first-order chi connectivity index (χ1) is 33.5. The van der Waals surface area contributed by atoms with E-state index < -0.39 is 34.4 Å². The number of nitrogens with zero attached hydrogens (tertiary/aromatic N) is 7. The highest BCUT2D eigenvalue weighted by Crippen LogP contribution is 2.55. The molecule has 3 aliphatic heterocycles. The van der Waals surface area contributed by atoms with Crippen LogP contribution in [0.4, 0.5) is 5.82 Å². The number of rotatable bonds is 14. The molecule has 4 fully saturated rings. The zero-order chi connectivity index (χ0) is 51.2. The van der Waals surface area contributed by atoms with Crippen molar-refractivity contribution in [3.05, 3.63) is 93.7 Å². The Morgan fingerprint density at radius 3 is 2.24 bits per heavy atom. The highest BCUT2D eigenvalue weighted by molar-refractivity contribution is 7.13. The summed E-state index contributed by atoms with van der Waals surface area (Å²) in [5.41, 5.74) is 4.17. The first-order valence-electron chi connectivity index (χ1n) is 24.5. The Morgan fingerprint density at radius 2 is 1.65 bits per heavy atom. The Labute approximate surface area is 426 Å². The molecule has 1 aliphatic carbocycles. The molecule has 1 unspecified atom stereocenters. The number of aliphatic hydroxyl groups is 1. The standard InChI is InChI=1S/C53H67ClN10O6S/c1-31(33-10-12-34(13-11-33)44-32(2)57-30-71-44)58-47(68)41-22-38(65)28-64(41)48(69)45(51(3,4)5)59-43(66)29-61-26-37(27-61)62-18-20-63(21-19-62)42-17-15-36(25-56-42)46(67)60-49-52(6,7)50(53(49,8)9)70-39-16-14-35(24-55)40(54)23-39/h10-17,23,25,30-31,37-38,41,45,49-50,65H,18-22,26-29H2,1-9H3,(H,58,68)(H,59,66)(H,60,67)/t31-,38+,41?,45+,49?,50?/m0/s1. The molecule has 16 nitrogen and oxygen atoms in total. The number of hydrogen-bond donors (Lipinski definition) is 4. The maximum atomic E-state index is 14.3. The average Bonchev–Trinajstić information content (AvgIpc) is 3.94. The molecule has 71 heavy (non-hydrogen) atoms. The van der Waals surface area contributed by atoms with E-state index in [-0.39, 0.29) is 61.3 Å². The number of anilines is 1. The Balaban J connectivity index is 0.776. The van der Waals surface area contributed by atoms with Gasteiger partial charge >= 0.3 is 0 Å². The summed E-state index contributed by atoms with van der Waals surface area (Å²) < 4.78 is 6.38. The highest BCUT2D eigenvalue weighted by Gasteiger charge is 2.64. The third kappa shape index (κ3) is 10.9. The summed E-state index contributed by atoms with van der Waals surface area (Å²) in [6, 6.07) is 16.8. The minimum Gasteiger partial charge on any atom is -0.489 e. The number of benzene rings is 2. The summed E-state index contributed by atoms with van der Waals surface area (Å²) in [5.74, 6) is 0.188. The molecule has 0 spiro atoms. The normalized spacial score (nSPS) is 23.1. The summed E-state index contributed by atoms with van der Waals surface area (Å²) in [6.07, 6.45) is 0.666. The van der Waals surface area contributed by atoms with Gasteiger partial charge in [-0.3, -0.25) is 29.0 Å². The number of aryl methyl sites for hydroxylation is 1. The number of carbonyl (C=O) groups is 4. The monoisotopic (exact) mass is 1010 g/mol. The molecule has 0 bridgehead atoms. The number of aliphatic hydroxyl groups excluding tert-OH is 1. The second-order valence-electron chi connectivity index (χ2n) is 22.0. The van der Waals surface area contributed by atoms with E-state index in [4.69, 9.17) is 21.3 Å². The topological polar surface area (TPSA) is 196 Å². The van der Waals surface area contributed by atoms with E-state index in [1.165, 1.54) is 4.90 Å². The molecule has 2 aromatic carbocycles. The van der Waals surface area contributed by atoms with E-state index in [0.717, 1.165) is 66.8 Å². The predicted molar refractivity (Wildman–Crippen MR) is 274 cm³/mol. The van der Waals surface area contributed by atoms with Crippen molar-refractivity contribution in [3.8, 4) is 22.3 Å². The maximum Gasteiger partial charge on any atom is 0.253 e. The Bertz CT molecular complexity index is 2630. The lowest BCUT2D eigenvalue weighted by Crippen LogP contribution is -2.74. The molecule has 4 aromatic rings. The first-order valence-corrected chi connectivity index (χ1v) is 25.7. The van der Waals surface area contributed by atoms with E-state index in [1.807, 2.05) is 76.5 Å². The summed E-state index contributed by atoms with van der Waals surface area (Å²) >= 11 is 7.84. The van der Waals surface area contributed by atoms with E-state index in [9.17, 15) is 29.5 Å². The van der Waals surface area contributed by atoms with Crippen molar-refractivity contribution in [1.29, 1.82) is 5.26 Å². The van der Waals surface area contributed by atoms with Gasteiger partial charge in [0.15, 0.2) is 0 Å². The fraction of sp³-hybridized carbons (Fsp3) is 0.528. The molecule has 5 heterocycles. The van der Waals surface area contributed by atoms with Gasteiger partial charge in [0.1, 0.15) is 35.8 Å². The summed E-state index contributed by atoms with van der Waals surface area (Å²) in [4.78, 5) is 73.4. The number of β-amino-alcohol motifs (C(OH)–C–C–N with tert-alkyl or cyclic N) is 1. The van der Waals surface area contributed by atoms with Gasteiger partial charge in [0.25, 0.3) is 5.91 Å². The largest absolute Gasteiger partial charge is 0.489 e. The Kier molecular flexibility index (Phi) is 14.9. The average molecular weight is 1010 g/mol. The lowest BCUT2D eigenvalue weighted by molar-refractivity contribution is -0.164. The van der Waals surface area contributed by atoms with Crippen LogP contribution in [-0.2, 0) is 14.4 Å². The number of halogens is 1. The molecular formula is C53H67ClN10O6S. The first kappa shape index (κ1) is 51.7. The number of ether oxygens (including phenoxy) is 1. The van der Waals surface area contributed by atoms with Gasteiger partial charge in [0.2, 0.25) is 17.7 Å². The summed E-state index contributed by atoms with van der Waals surface area (Å²) in [7, 11) is 0. The maximum absolute atomic E-state index is 14.3. The Hall–Kier alpha value is -5.64. The number of hydrogen-bond acceptors (Lipinski definition) is 13. The van der Waals surface area contributed by atoms with Crippen LogP contribution in [0.15, 0.2) is 66.3 Å². The molecule has 4 aliphatic rings. The van der Waals surface area contributed by atoms with E-state index >= 15 is 0 Å². The molecular weight excluding hydrogens is 940 g/mol. The number of likely N-dealkylation sites (tertiary alicyclic amines) is 2. The van der Waals surface area contributed by atoms with Crippen LogP contribution in [0, 0.1) is 34.5 Å². The van der Waals surface area contributed by atoms with Gasteiger partial charge in [-0.2, -0.15) is 5.26 Å². The van der Waals surface area contributed by atoms with Crippen LogP contribution in [0.3, 0.4) is 0 Å². The van der Waals surface area contributed by atoms with Crippen LogP contribution in [-0.4, -0.2) is 142 Å². The minimum atomic E-state index is -0.907. The molecule has 4 N–H and O–H groups in total. The van der Waals surface area contributed by atoms with Crippen molar-refractivity contribution in [2.24, 2.45) is 16.2 Å². The van der Waals surface area contributed by atoms with Crippen LogP contribution in [0.1, 0.15) is 95.0 Å². The van der Waals surface area contributed by atoms with Gasteiger partial charge in [-0.15, -0.1) is 11.3 Å². The molecule has 4 amide bonds. The van der Waals surface area contributed by atoms with Gasteiger partial charge in [-0.05, 0) is 54.7 Å². The third-order valence-electron chi connectivity index (χ3n) is 15.0. The quantitative estimate of drug-likeness (QED) is 0.118. The zero-order valence-electron chi connectivity index (χ0n) is 42.2. The molecule has 18 heteroatoms. The van der Waals surface area contributed by atoms with E-state index in [1.54, 1.807) is 35.7 Å². The van der Waals surface area contributed by atoms with Crippen molar-refractivity contribution in [2.45, 2.75) is 111 Å². The van der Waals surface area contributed by atoms with Gasteiger partial charge in [0.05, 0.1) is 50.9 Å². The predicted octanol–water partition coefficient (Wildman–Crippen LogP) is 5.83. The summed E-state index contributed by atoms with van der Waals surface area (Å²) in [5, 5.41) is 29.6. The lowest BCUT2D eigenvalue weighted by Gasteiger charge is -2.63. The number of nitriles is 1. The molecule has 3 saturated heterocycles. The molecule has 0 radical (unpaired) electrons. The summed E-state index contributed by atoms with van der Waals surface area (Å²) in [6.45, 7) is 22.6. The van der Waals surface area contributed by atoms with Crippen molar-refractivity contribution in [2.75, 3.05) is 57.3 Å². The SMILES string of the molecule is Cc1ncsc1-c1ccc([C@H](C)NC(=O)C2C[C@@H](O)CN2C(=O)[C@@H](NC(=O)CN2CC(N3CCN(c4ccc(C(=O)NC5C(C)(C)C(Oc6ccc(C#N)c(Cl)c6)C5(C)C)cn4)CC3)C2)C(C)(C)C)cc1. The van der Waals surface area contributed by atoms with Crippen LogP contribution in [0.5, 0.6) is 5.75 Å². The van der Waals surface area contributed by atoms with E-state index in [2.05, 4.69) is 69.4 Å². The van der Waals surface area contributed by atoms with Crippen LogP contribution < -0.4 is 25.6 Å². The van der Waals surface area contributed by atoms with Gasteiger partial charge in [0, 0.05) is 87.4 Å². The van der Waals surface area contributed by atoms with E-state index in [0.29, 0.717) is 27.9 Å². The van der Waals surface area contributed by atoms with Gasteiger partial charge in [-0.1, -0.05) is 84.3 Å². The fourth-order valence-corrected chi connectivity index (χ4v) is 12.2. The number of amides is 4.